The minimum absolute atomic E-state index is 0.552. The number of rotatable bonds is 6. The highest BCUT2D eigenvalue weighted by Crippen LogP contribution is 2.33. The Hall–Kier alpha value is -2.13. The van der Waals surface area contributed by atoms with Gasteiger partial charge in [0.2, 0.25) is 0 Å². The minimum atomic E-state index is 0.552. The Morgan fingerprint density at radius 2 is 1.90 bits per heavy atom. The van der Waals surface area contributed by atoms with Crippen molar-refractivity contribution in [1.82, 2.24) is 4.90 Å². The maximum absolute atomic E-state index is 11.3. The molecule has 3 nitrogen and oxygen atoms in total. The molecule has 0 N–H and O–H groups in total. The van der Waals surface area contributed by atoms with Gasteiger partial charge in [0.1, 0.15) is 12.4 Å². The van der Waals surface area contributed by atoms with Crippen LogP contribution in [0.25, 0.3) is 11.1 Å². The zero-order chi connectivity index (χ0) is 15.2. The molecule has 0 aliphatic carbocycles. The number of hydrogen-bond acceptors (Lipinski definition) is 3. The molecule has 0 amide bonds. The van der Waals surface area contributed by atoms with Crippen molar-refractivity contribution in [3.8, 4) is 16.9 Å². The van der Waals surface area contributed by atoms with Crippen LogP contribution < -0.4 is 4.74 Å². The molecule has 0 atom stereocenters. The molecule has 21 heavy (non-hydrogen) atoms. The highest BCUT2D eigenvalue weighted by atomic mass is 16.5. The summed E-state index contributed by atoms with van der Waals surface area (Å²) in [6.45, 7) is 3.41. The molecule has 0 aliphatic heterocycles. The number of ether oxygens (including phenoxy) is 1. The lowest BCUT2D eigenvalue weighted by atomic mass is 10.0. The average Bonchev–Trinajstić information content (AvgIpc) is 2.47. The van der Waals surface area contributed by atoms with E-state index in [9.17, 15) is 4.79 Å². The number of para-hydroxylation sites is 1. The van der Waals surface area contributed by atoms with Crippen LogP contribution in [0.1, 0.15) is 15.9 Å². The highest BCUT2D eigenvalue weighted by molar-refractivity contribution is 5.86. The number of likely N-dealkylation sites (N-methyl/N-ethyl adjacent to an activating group) is 1. The molecular formula is C18H21NO2. The number of benzene rings is 2. The fourth-order valence-electron chi connectivity index (χ4n) is 2.18. The van der Waals surface area contributed by atoms with Crippen molar-refractivity contribution >= 4 is 6.29 Å². The van der Waals surface area contributed by atoms with Gasteiger partial charge in [-0.1, -0.05) is 42.0 Å². The van der Waals surface area contributed by atoms with E-state index < -0.39 is 0 Å². The van der Waals surface area contributed by atoms with E-state index in [4.69, 9.17) is 4.74 Å². The van der Waals surface area contributed by atoms with Crippen LogP contribution in [-0.4, -0.2) is 38.4 Å². The van der Waals surface area contributed by atoms with E-state index in [1.165, 1.54) is 5.56 Å². The van der Waals surface area contributed by atoms with Crippen LogP contribution in [-0.2, 0) is 0 Å². The van der Waals surface area contributed by atoms with Gasteiger partial charge in [-0.25, -0.2) is 0 Å². The quantitative estimate of drug-likeness (QED) is 0.761. The van der Waals surface area contributed by atoms with Gasteiger partial charge in [-0.05, 0) is 32.6 Å². The lowest BCUT2D eigenvalue weighted by Gasteiger charge is -2.16. The van der Waals surface area contributed by atoms with Crippen molar-refractivity contribution in [1.29, 1.82) is 0 Å². The minimum Gasteiger partial charge on any atom is -0.491 e. The van der Waals surface area contributed by atoms with Gasteiger partial charge in [0, 0.05) is 12.1 Å². The summed E-state index contributed by atoms with van der Waals surface area (Å²) in [6.07, 6.45) is 0.851. The van der Waals surface area contributed by atoms with Crippen molar-refractivity contribution < 1.29 is 9.53 Å². The summed E-state index contributed by atoms with van der Waals surface area (Å²) < 4.78 is 5.89. The lowest BCUT2D eigenvalue weighted by Crippen LogP contribution is -2.20. The van der Waals surface area contributed by atoms with E-state index in [1.807, 2.05) is 38.4 Å². The predicted molar refractivity (Wildman–Crippen MR) is 86.1 cm³/mol. The number of carbonyl (C=O) groups is 1. The molecule has 0 saturated heterocycles. The third-order valence-electron chi connectivity index (χ3n) is 3.29. The zero-order valence-electron chi connectivity index (χ0n) is 12.8. The van der Waals surface area contributed by atoms with Crippen molar-refractivity contribution in [3.05, 3.63) is 53.6 Å². The summed E-state index contributed by atoms with van der Waals surface area (Å²) in [6, 6.07) is 13.9. The first kappa shape index (κ1) is 15.3. The molecule has 0 aromatic heterocycles. The monoisotopic (exact) mass is 283 g/mol. The van der Waals surface area contributed by atoms with Gasteiger partial charge in [-0.3, -0.25) is 4.79 Å². The third kappa shape index (κ3) is 3.92. The molecule has 2 rings (SSSR count). The number of hydrogen-bond donors (Lipinski definition) is 0. The Balaban J connectivity index is 2.38. The molecule has 0 heterocycles. The Bertz CT molecular complexity index is 620. The number of nitrogens with zero attached hydrogens (tertiary/aromatic N) is 1. The van der Waals surface area contributed by atoms with Gasteiger partial charge in [0.15, 0.2) is 6.29 Å². The summed E-state index contributed by atoms with van der Waals surface area (Å²) in [5.74, 6) is 0.667. The second kappa shape index (κ2) is 7.04. The Morgan fingerprint density at radius 3 is 2.57 bits per heavy atom. The standard InChI is InChI=1S/C18H21NO2/c1-14-6-4-7-15(12-14)17-9-5-8-16(13-20)18(17)21-11-10-19(2)3/h4-9,12-13H,10-11H2,1-3H3. The molecule has 3 heteroatoms. The topological polar surface area (TPSA) is 29.5 Å². The molecule has 2 aromatic rings. The first-order valence-electron chi connectivity index (χ1n) is 7.04. The molecule has 0 bridgehead atoms. The summed E-state index contributed by atoms with van der Waals surface area (Å²) >= 11 is 0. The van der Waals surface area contributed by atoms with E-state index >= 15 is 0 Å². The predicted octanol–water partition coefficient (Wildman–Crippen LogP) is 3.41. The number of aryl methyl sites for hydroxylation is 1. The van der Waals surface area contributed by atoms with Gasteiger partial charge in [0.05, 0.1) is 5.56 Å². The normalized spacial score (nSPS) is 10.7. The van der Waals surface area contributed by atoms with Crippen LogP contribution >= 0.6 is 0 Å². The third-order valence-corrected chi connectivity index (χ3v) is 3.29. The van der Waals surface area contributed by atoms with Crippen molar-refractivity contribution in [3.63, 3.8) is 0 Å². The molecule has 0 unspecified atom stereocenters. The largest absolute Gasteiger partial charge is 0.491 e. The Morgan fingerprint density at radius 1 is 1.14 bits per heavy atom. The molecule has 0 radical (unpaired) electrons. The maximum atomic E-state index is 11.3. The number of carbonyl (C=O) groups excluding carboxylic acids is 1. The highest BCUT2D eigenvalue weighted by Gasteiger charge is 2.11. The summed E-state index contributed by atoms with van der Waals surface area (Å²) in [5, 5.41) is 0. The molecule has 0 spiro atoms. The van der Waals surface area contributed by atoms with Gasteiger partial charge < -0.3 is 9.64 Å². The van der Waals surface area contributed by atoms with E-state index in [-0.39, 0.29) is 0 Å². The van der Waals surface area contributed by atoms with Crippen LogP contribution in [0.4, 0.5) is 0 Å². The SMILES string of the molecule is Cc1cccc(-c2cccc(C=O)c2OCCN(C)C)c1. The van der Waals surface area contributed by atoms with Crippen LogP contribution in [0.2, 0.25) is 0 Å². The van der Waals surface area contributed by atoms with Gasteiger partial charge in [-0.15, -0.1) is 0 Å². The zero-order valence-corrected chi connectivity index (χ0v) is 12.8. The second-order valence-corrected chi connectivity index (χ2v) is 5.36. The van der Waals surface area contributed by atoms with E-state index in [0.29, 0.717) is 17.9 Å². The summed E-state index contributed by atoms with van der Waals surface area (Å²) in [4.78, 5) is 13.3. The Labute approximate surface area is 126 Å². The van der Waals surface area contributed by atoms with Crippen LogP contribution in [0, 0.1) is 6.92 Å². The van der Waals surface area contributed by atoms with Gasteiger partial charge in [-0.2, -0.15) is 0 Å². The van der Waals surface area contributed by atoms with Crippen molar-refractivity contribution in [2.24, 2.45) is 0 Å². The van der Waals surface area contributed by atoms with E-state index in [1.54, 1.807) is 6.07 Å². The first-order chi connectivity index (χ1) is 10.1. The molecule has 0 fully saturated rings. The molecule has 0 aliphatic rings. The van der Waals surface area contributed by atoms with E-state index in [2.05, 4.69) is 24.0 Å². The van der Waals surface area contributed by atoms with Crippen LogP contribution in [0.5, 0.6) is 5.75 Å². The molecule has 0 saturated carbocycles. The van der Waals surface area contributed by atoms with Crippen LogP contribution in [0.3, 0.4) is 0 Å². The first-order valence-corrected chi connectivity index (χ1v) is 7.04. The number of aldehydes is 1. The Kier molecular flexibility index (Phi) is 5.12. The fraction of sp³-hybridized carbons (Fsp3) is 0.278. The molecule has 110 valence electrons. The van der Waals surface area contributed by atoms with E-state index in [0.717, 1.165) is 24.0 Å². The fourth-order valence-corrected chi connectivity index (χ4v) is 2.18. The summed E-state index contributed by atoms with van der Waals surface area (Å²) in [7, 11) is 3.99. The summed E-state index contributed by atoms with van der Waals surface area (Å²) in [5.41, 5.74) is 3.80. The molecular weight excluding hydrogens is 262 g/mol. The second-order valence-electron chi connectivity index (χ2n) is 5.36. The van der Waals surface area contributed by atoms with Gasteiger partial charge >= 0.3 is 0 Å². The van der Waals surface area contributed by atoms with Crippen LogP contribution in [0.15, 0.2) is 42.5 Å². The lowest BCUT2D eigenvalue weighted by molar-refractivity contribution is 0.111. The average molecular weight is 283 g/mol. The maximum Gasteiger partial charge on any atom is 0.153 e. The molecule has 2 aromatic carbocycles. The smallest absolute Gasteiger partial charge is 0.153 e. The van der Waals surface area contributed by atoms with Crippen molar-refractivity contribution in [2.45, 2.75) is 6.92 Å². The van der Waals surface area contributed by atoms with Crippen molar-refractivity contribution in [2.75, 3.05) is 27.2 Å². The van der Waals surface area contributed by atoms with Gasteiger partial charge in [0.25, 0.3) is 0 Å².